The summed E-state index contributed by atoms with van der Waals surface area (Å²) in [6.07, 6.45) is 0.521. The van der Waals surface area contributed by atoms with Crippen LogP contribution >= 0.6 is 11.8 Å². The Bertz CT molecular complexity index is 714. The number of ether oxygens (including phenoxy) is 2. The number of rotatable bonds is 9. The summed E-state index contributed by atoms with van der Waals surface area (Å²) in [7, 11) is 3.06. The average Bonchev–Trinajstić information content (AvgIpc) is 2.98. The van der Waals surface area contributed by atoms with Gasteiger partial charge in [0, 0.05) is 13.6 Å². The molecular weight excluding hydrogens is 356 g/mol. The summed E-state index contributed by atoms with van der Waals surface area (Å²) in [5.41, 5.74) is 0.823. The van der Waals surface area contributed by atoms with E-state index in [0.717, 1.165) is 5.56 Å². The zero-order chi connectivity index (χ0) is 18.2. The highest BCUT2D eigenvalue weighted by molar-refractivity contribution is 7.99. The molecule has 0 spiro atoms. The number of methoxy groups -OCH3 is 1. The summed E-state index contributed by atoms with van der Waals surface area (Å²) in [5.74, 6) is 0.227. The van der Waals surface area contributed by atoms with E-state index >= 15 is 0 Å². The number of aryl methyl sites for hydroxylation is 1. The lowest BCUT2D eigenvalue weighted by atomic mass is 10.1. The van der Waals surface area contributed by atoms with Crippen LogP contribution in [0.2, 0.25) is 0 Å². The molecule has 11 heteroatoms. The van der Waals surface area contributed by atoms with Gasteiger partial charge < -0.3 is 14.8 Å². The number of halogens is 2. The minimum atomic E-state index is -2.92. The third-order valence-electron chi connectivity index (χ3n) is 3.09. The highest BCUT2D eigenvalue weighted by Gasteiger charge is 2.11. The molecule has 0 saturated carbocycles. The molecule has 8 nitrogen and oxygen atoms in total. The summed E-state index contributed by atoms with van der Waals surface area (Å²) in [4.78, 5) is 11.8. The van der Waals surface area contributed by atoms with E-state index in [2.05, 4.69) is 25.6 Å². The van der Waals surface area contributed by atoms with Crippen molar-refractivity contribution in [2.24, 2.45) is 7.05 Å². The first-order valence-electron chi connectivity index (χ1n) is 7.23. The van der Waals surface area contributed by atoms with Gasteiger partial charge in [0.2, 0.25) is 11.1 Å². The Hall–Kier alpha value is -2.43. The molecule has 1 heterocycles. The summed E-state index contributed by atoms with van der Waals surface area (Å²) in [6, 6.07) is 4.66. The van der Waals surface area contributed by atoms with Crippen molar-refractivity contribution < 1.29 is 23.0 Å². The van der Waals surface area contributed by atoms with E-state index in [1.54, 1.807) is 19.2 Å². The topological polar surface area (TPSA) is 91.2 Å². The number of carbonyl (C=O) groups is 1. The molecule has 0 aliphatic heterocycles. The number of thioether (sulfide) groups is 1. The lowest BCUT2D eigenvalue weighted by molar-refractivity contribution is -0.118. The molecule has 1 aromatic carbocycles. The van der Waals surface area contributed by atoms with Crippen LogP contribution in [0.25, 0.3) is 0 Å². The number of hydrogen-bond donors (Lipinski definition) is 1. The highest BCUT2D eigenvalue weighted by atomic mass is 32.2. The van der Waals surface area contributed by atoms with Gasteiger partial charge in [0.25, 0.3) is 0 Å². The number of aromatic nitrogens is 4. The Kier molecular flexibility index (Phi) is 6.92. The molecule has 1 amide bonds. The van der Waals surface area contributed by atoms with E-state index in [1.807, 2.05) is 0 Å². The molecule has 0 aliphatic rings. The van der Waals surface area contributed by atoms with Gasteiger partial charge in [-0.15, -0.1) is 5.10 Å². The number of amides is 1. The number of benzene rings is 1. The van der Waals surface area contributed by atoms with E-state index in [0.29, 0.717) is 18.1 Å². The van der Waals surface area contributed by atoms with Crippen LogP contribution in [0.5, 0.6) is 11.5 Å². The molecule has 0 bridgehead atoms. The fraction of sp³-hybridized carbons (Fsp3) is 0.429. The van der Waals surface area contributed by atoms with E-state index in [4.69, 9.17) is 4.74 Å². The third-order valence-corrected chi connectivity index (χ3v) is 4.10. The maximum atomic E-state index is 12.3. The summed E-state index contributed by atoms with van der Waals surface area (Å²) < 4.78 is 35.5. The van der Waals surface area contributed by atoms with Crippen molar-refractivity contribution in [3.63, 3.8) is 0 Å². The first kappa shape index (κ1) is 18.9. The van der Waals surface area contributed by atoms with Crippen LogP contribution in [0.3, 0.4) is 0 Å². The molecule has 2 rings (SSSR count). The molecule has 0 aliphatic carbocycles. The number of carbonyl (C=O) groups excluding carboxylic acids is 1. The van der Waals surface area contributed by atoms with Crippen molar-refractivity contribution in [1.29, 1.82) is 0 Å². The second-order valence-corrected chi connectivity index (χ2v) is 5.78. The Morgan fingerprint density at radius 1 is 1.40 bits per heavy atom. The van der Waals surface area contributed by atoms with Crippen molar-refractivity contribution in [3.8, 4) is 11.5 Å². The van der Waals surface area contributed by atoms with Crippen LogP contribution in [0.15, 0.2) is 23.4 Å². The molecule has 0 saturated heterocycles. The molecule has 136 valence electrons. The zero-order valence-corrected chi connectivity index (χ0v) is 14.4. The van der Waals surface area contributed by atoms with E-state index < -0.39 is 6.61 Å². The minimum Gasteiger partial charge on any atom is -0.493 e. The summed E-state index contributed by atoms with van der Waals surface area (Å²) >= 11 is 1.23. The lowest BCUT2D eigenvalue weighted by Crippen LogP contribution is -2.27. The quantitative estimate of drug-likeness (QED) is 0.662. The Balaban J connectivity index is 1.79. The Labute approximate surface area is 146 Å². The van der Waals surface area contributed by atoms with Crippen LogP contribution < -0.4 is 14.8 Å². The van der Waals surface area contributed by atoms with Gasteiger partial charge in [-0.2, -0.15) is 8.78 Å². The Morgan fingerprint density at radius 3 is 2.84 bits per heavy atom. The van der Waals surface area contributed by atoms with Crippen LogP contribution in [0.4, 0.5) is 8.78 Å². The second-order valence-electron chi connectivity index (χ2n) is 4.84. The number of nitrogens with zero attached hydrogens (tertiary/aromatic N) is 4. The smallest absolute Gasteiger partial charge is 0.387 e. The molecule has 2 aromatic rings. The summed E-state index contributed by atoms with van der Waals surface area (Å²) in [5, 5.41) is 14.2. The van der Waals surface area contributed by atoms with E-state index in [9.17, 15) is 13.6 Å². The summed E-state index contributed by atoms with van der Waals surface area (Å²) in [6.45, 7) is -2.52. The van der Waals surface area contributed by atoms with Gasteiger partial charge in [-0.1, -0.05) is 17.8 Å². The number of nitrogens with one attached hydrogen (secondary N) is 1. The standard InChI is InChI=1S/C14H17F2N5O3S/c1-21-14(18-19-20-21)25-8-12(22)17-6-5-9-3-4-10(24-13(15)16)11(7-9)23-2/h3-4,7,13H,5-6,8H2,1-2H3,(H,17,22). The lowest BCUT2D eigenvalue weighted by Gasteiger charge is -2.11. The van der Waals surface area contributed by atoms with Gasteiger partial charge in [0.15, 0.2) is 11.5 Å². The van der Waals surface area contributed by atoms with Crippen molar-refractivity contribution in [2.45, 2.75) is 18.2 Å². The van der Waals surface area contributed by atoms with Gasteiger partial charge in [-0.05, 0) is 34.5 Å². The predicted octanol–water partition coefficient (Wildman–Crippen LogP) is 1.27. The first-order chi connectivity index (χ1) is 12.0. The number of tetrazole rings is 1. The second kappa shape index (κ2) is 9.16. The van der Waals surface area contributed by atoms with Crippen molar-refractivity contribution in [1.82, 2.24) is 25.5 Å². The molecular formula is C14H17F2N5O3S. The molecule has 1 aromatic heterocycles. The third kappa shape index (κ3) is 5.85. The SMILES string of the molecule is COc1cc(CCNC(=O)CSc2nnnn2C)ccc1OC(F)F. The molecule has 0 fully saturated rings. The maximum absolute atomic E-state index is 12.3. The zero-order valence-electron chi connectivity index (χ0n) is 13.6. The highest BCUT2D eigenvalue weighted by Crippen LogP contribution is 2.29. The number of alkyl halides is 2. The van der Waals surface area contributed by atoms with Gasteiger partial charge in [0.1, 0.15) is 0 Å². The van der Waals surface area contributed by atoms with Gasteiger partial charge in [-0.25, -0.2) is 4.68 Å². The monoisotopic (exact) mass is 373 g/mol. The normalized spacial score (nSPS) is 10.8. The molecule has 0 atom stereocenters. The van der Waals surface area contributed by atoms with Crippen molar-refractivity contribution in [3.05, 3.63) is 23.8 Å². The minimum absolute atomic E-state index is 0.0287. The Morgan fingerprint density at radius 2 is 2.20 bits per heavy atom. The van der Waals surface area contributed by atoms with E-state index in [-0.39, 0.29) is 23.2 Å². The fourth-order valence-electron chi connectivity index (χ4n) is 1.93. The van der Waals surface area contributed by atoms with Crippen molar-refractivity contribution >= 4 is 17.7 Å². The van der Waals surface area contributed by atoms with Crippen molar-refractivity contribution in [2.75, 3.05) is 19.4 Å². The molecule has 0 radical (unpaired) electrons. The molecule has 1 N–H and O–H groups in total. The van der Waals surface area contributed by atoms with Crippen LogP contribution in [0, 0.1) is 0 Å². The maximum Gasteiger partial charge on any atom is 0.387 e. The average molecular weight is 373 g/mol. The predicted molar refractivity (Wildman–Crippen MR) is 85.9 cm³/mol. The van der Waals surface area contributed by atoms with Gasteiger partial charge in [0.05, 0.1) is 12.9 Å². The van der Waals surface area contributed by atoms with Crippen LogP contribution in [-0.2, 0) is 18.3 Å². The number of hydrogen-bond acceptors (Lipinski definition) is 7. The molecule has 25 heavy (non-hydrogen) atoms. The molecule has 0 unspecified atom stereocenters. The first-order valence-corrected chi connectivity index (χ1v) is 8.21. The fourth-order valence-corrected chi connectivity index (χ4v) is 2.61. The van der Waals surface area contributed by atoms with Crippen LogP contribution in [-0.4, -0.2) is 52.1 Å². The van der Waals surface area contributed by atoms with E-state index in [1.165, 1.54) is 29.6 Å². The largest absolute Gasteiger partial charge is 0.493 e. The van der Waals surface area contributed by atoms with Gasteiger partial charge in [-0.3, -0.25) is 4.79 Å². The van der Waals surface area contributed by atoms with Gasteiger partial charge >= 0.3 is 6.61 Å². The van der Waals surface area contributed by atoms with Crippen LogP contribution in [0.1, 0.15) is 5.56 Å².